The van der Waals surface area contributed by atoms with Crippen LogP contribution in [0.5, 0.6) is 0 Å². The van der Waals surface area contributed by atoms with Crippen molar-refractivity contribution in [3.05, 3.63) is 35.9 Å². The minimum Gasteiger partial charge on any atom is -0.465 e. The van der Waals surface area contributed by atoms with Crippen LogP contribution in [-0.4, -0.2) is 31.4 Å². The second-order valence-electron chi connectivity index (χ2n) is 4.73. The predicted octanol–water partition coefficient (Wildman–Crippen LogP) is 1.80. The van der Waals surface area contributed by atoms with Gasteiger partial charge in [0.05, 0.1) is 12.5 Å². The van der Waals surface area contributed by atoms with Gasteiger partial charge in [-0.15, -0.1) is 0 Å². The fourth-order valence-electron chi connectivity index (χ4n) is 2.19. The highest BCUT2D eigenvalue weighted by molar-refractivity contribution is 5.96. The van der Waals surface area contributed by atoms with E-state index in [0.29, 0.717) is 5.56 Å². The van der Waals surface area contributed by atoms with Gasteiger partial charge in [-0.05, 0) is 25.9 Å². The maximum Gasteiger partial charge on any atom is 0.309 e. The summed E-state index contributed by atoms with van der Waals surface area (Å²) in [7, 11) is 0. The number of hydrogen-bond acceptors (Lipinski definition) is 4. The molecule has 102 valence electrons. The van der Waals surface area contributed by atoms with Crippen molar-refractivity contribution in [2.45, 2.75) is 19.3 Å². The summed E-state index contributed by atoms with van der Waals surface area (Å²) in [6.45, 7) is 1.90. The van der Waals surface area contributed by atoms with E-state index in [-0.39, 0.29) is 30.7 Å². The van der Waals surface area contributed by atoms with Gasteiger partial charge < -0.3 is 10.1 Å². The van der Waals surface area contributed by atoms with Crippen LogP contribution in [0.3, 0.4) is 0 Å². The Labute approximate surface area is 113 Å². The lowest BCUT2D eigenvalue weighted by Gasteiger charge is -2.20. The first kappa shape index (κ1) is 13.7. The highest BCUT2D eigenvalue weighted by Gasteiger charge is 2.22. The van der Waals surface area contributed by atoms with Gasteiger partial charge in [-0.3, -0.25) is 9.59 Å². The molecule has 0 unspecified atom stereocenters. The first-order valence-electron chi connectivity index (χ1n) is 6.73. The smallest absolute Gasteiger partial charge is 0.309 e. The van der Waals surface area contributed by atoms with E-state index in [2.05, 4.69) is 5.32 Å². The van der Waals surface area contributed by atoms with Gasteiger partial charge in [0, 0.05) is 12.0 Å². The number of esters is 1. The molecule has 1 aromatic carbocycles. The molecular weight excluding hydrogens is 242 g/mol. The summed E-state index contributed by atoms with van der Waals surface area (Å²) in [4.78, 5) is 23.6. The molecule has 1 N–H and O–H groups in total. The van der Waals surface area contributed by atoms with Crippen LogP contribution in [0.4, 0.5) is 0 Å². The van der Waals surface area contributed by atoms with E-state index >= 15 is 0 Å². The van der Waals surface area contributed by atoms with E-state index < -0.39 is 0 Å². The van der Waals surface area contributed by atoms with Crippen LogP contribution >= 0.6 is 0 Å². The predicted molar refractivity (Wildman–Crippen MR) is 71.9 cm³/mol. The zero-order chi connectivity index (χ0) is 13.5. The normalized spacial score (nSPS) is 16.0. The highest BCUT2D eigenvalue weighted by Crippen LogP contribution is 2.13. The minimum atomic E-state index is -0.164. The molecule has 1 aliphatic heterocycles. The zero-order valence-electron chi connectivity index (χ0n) is 10.9. The van der Waals surface area contributed by atoms with Crippen molar-refractivity contribution in [3.8, 4) is 0 Å². The number of piperidine rings is 1. The highest BCUT2D eigenvalue weighted by atomic mass is 16.5. The molecule has 1 aliphatic rings. The van der Waals surface area contributed by atoms with Crippen LogP contribution in [0.1, 0.15) is 29.6 Å². The van der Waals surface area contributed by atoms with Crippen molar-refractivity contribution in [2.75, 3.05) is 19.7 Å². The Bertz CT molecular complexity index is 424. The molecule has 0 aromatic heterocycles. The topological polar surface area (TPSA) is 55.4 Å². The van der Waals surface area contributed by atoms with Gasteiger partial charge in [-0.25, -0.2) is 0 Å². The van der Waals surface area contributed by atoms with Gasteiger partial charge in [-0.1, -0.05) is 30.3 Å². The van der Waals surface area contributed by atoms with E-state index in [1.165, 1.54) is 0 Å². The number of Topliss-reactive ketones (excluding diaryl/α,β-unsaturated/α-hetero) is 1. The molecule has 4 nitrogen and oxygen atoms in total. The summed E-state index contributed by atoms with van der Waals surface area (Å²) in [5.74, 6) is -0.158. The number of ketones is 1. The molecular formula is C15H19NO3. The number of carbonyl (C=O) groups is 2. The van der Waals surface area contributed by atoms with Crippen molar-refractivity contribution in [3.63, 3.8) is 0 Å². The molecule has 1 fully saturated rings. The Hall–Kier alpha value is -1.68. The van der Waals surface area contributed by atoms with Crippen molar-refractivity contribution in [2.24, 2.45) is 5.92 Å². The summed E-state index contributed by atoms with van der Waals surface area (Å²) in [5.41, 5.74) is 0.667. The van der Waals surface area contributed by atoms with E-state index in [1.54, 1.807) is 12.1 Å². The molecule has 1 saturated heterocycles. The molecule has 0 bridgehead atoms. The maximum absolute atomic E-state index is 11.8. The van der Waals surface area contributed by atoms with Crippen LogP contribution in [0.2, 0.25) is 0 Å². The number of benzene rings is 1. The van der Waals surface area contributed by atoms with Crippen molar-refractivity contribution in [1.29, 1.82) is 0 Å². The zero-order valence-corrected chi connectivity index (χ0v) is 10.9. The molecule has 0 amide bonds. The lowest BCUT2D eigenvalue weighted by molar-refractivity contribution is -0.149. The molecule has 1 aromatic rings. The molecule has 19 heavy (non-hydrogen) atoms. The summed E-state index contributed by atoms with van der Waals surface area (Å²) in [5, 5.41) is 3.20. The van der Waals surface area contributed by atoms with Gasteiger partial charge in [0.15, 0.2) is 5.78 Å². The Balaban J connectivity index is 1.71. The van der Waals surface area contributed by atoms with Crippen LogP contribution < -0.4 is 5.32 Å². The maximum atomic E-state index is 11.8. The molecule has 2 rings (SSSR count). The van der Waals surface area contributed by atoms with Crippen molar-refractivity contribution >= 4 is 11.8 Å². The van der Waals surface area contributed by atoms with Gasteiger partial charge in [0.1, 0.15) is 0 Å². The van der Waals surface area contributed by atoms with E-state index in [1.807, 2.05) is 18.2 Å². The van der Waals surface area contributed by atoms with Gasteiger partial charge >= 0.3 is 5.97 Å². The number of nitrogens with one attached hydrogen (secondary N) is 1. The van der Waals surface area contributed by atoms with Crippen LogP contribution in [0.15, 0.2) is 30.3 Å². The number of carbonyl (C=O) groups excluding carboxylic acids is 2. The lowest BCUT2D eigenvalue weighted by atomic mass is 9.98. The Morgan fingerprint density at radius 2 is 1.84 bits per heavy atom. The Kier molecular flexibility index (Phi) is 5.10. The van der Waals surface area contributed by atoms with Gasteiger partial charge in [0.25, 0.3) is 0 Å². The van der Waals surface area contributed by atoms with Gasteiger partial charge in [-0.2, -0.15) is 0 Å². The number of ether oxygens (including phenoxy) is 1. The minimum absolute atomic E-state index is 0.00641. The molecule has 0 radical (unpaired) electrons. The first-order valence-corrected chi connectivity index (χ1v) is 6.73. The fourth-order valence-corrected chi connectivity index (χ4v) is 2.19. The second-order valence-corrected chi connectivity index (χ2v) is 4.73. The van der Waals surface area contributed by atoms with E-state index in [9.17, 15) is 9.59 Å². The summed E-state index contributed by atoms with van der Waals surface area (Å²) < 4.78 is 5.19. The SMILES string of the molecule is O=C(CCOC(=O)C1CCNCC1)c1ccccc1. The largest absolute Gasteiger partial charge is 0.465 e. The molecule has 4 heteroatoms. The van der Waals surface area contributed by atoms with Crippen molar-refractivity contribution < 1.29 is 14.3 Å². The fraction of sp³-hybridized carbons (Fsp3) is 0.467. The lowest BCUT2D eigenvalue weighted by Crippen LogP contribution is -2.33. The summed E-state index contributed by atoms with van der Waals surface area (Å²) in [6.07, 6.45) is 1.90. The third-order valence-corrected chi connectivity index (χ3v) is 3.34. The van der Waals surface area contributed by atoms with Crippen LogP contribution in [0.25, 0.3) is 0 Å². The van der Waals surface area contributed by atoms with E-state index in [0.717, 1.165) is 25.9 Å². The van der Waals surface area contributed by atoms with E-state index in [4.69, 9.17) is 4.74 Å². The van der Waals surface area contributed by atoms with Crippen LogP contribution in [-0.2, 0) is 9.53 Å². The summed E-state index contributed by atoms with van der Waals surface area (Å²) >= 11 is 0. The van der Waals surface area contributed by atoms with Crippen molar-refractivity contribution in [1.82, 2.24) is 5.32 Å². The Morgan fingerprint density at radius 3 is 2.53 bits per heavy atom. The monoisotopic (exact) mass is 261 g/mol. The Morgan fingerprint density at radius 1 is 1.16 bits per heavy atom. The second kappa shape index (κ2) is 7.04. The first-order chi connectivity index (χ1) is 9.27. The molecule has 0 aliphatic carbocycles. The molecule has 0 spiro atoms. The number of hydrogen-bond donors (Lipinski definition) is 1. The molecule has 1 heterocycles. The molecule has 0 atom stereocenters. The average Bonchev–Trinajstić information content (AvgIpc) is 2.49. The average molecular weight is 261 g/mol. The quantitative estimate of drug-likeness (QED) is 0.648. The third-order valence-electron chi connectivity index (χ3n) is 3.34. The summed E-state index contributed by atoms with van der Waals surface area (Å²) in [6, 6.07) is 9.07. The van der Waals surface area contributed by atoms with Crippen LogP contribution in [0, 0.1) is 5.92 Å². The van der Waals surface area contributed by atoms with Gasteiger partial charge in [0.2, 0.25) is 0 Å². The standard InChI is InChI=1S/C15H19NO3/c17-14(12-4-2-1-3-5-12)8-11-19-15(18)13-6-9-16-10-7-13/h1-5,13,16H,6-11H2. The number of rotatable bonds is 5. The molecule has 0 saturated carbocycles. The third kappa shape index (κ3) is 4.17.